The standard InChI is InChI=1S/C8H17NO2S.ClH/c1-6(2)3-4-11-8(10)7(9)5-12;/h6-7,12H,3-5,9H2,1-2H3;1H/t7-;/m0./s1. The second-order valence-corrected chi connectivity index (χ2v) is 3.50. The molecule has 0 heterocycles. The fraction of sp³-hybridized carbons (Fsp3) is 0.875. The average Bonchev–Trinajstić information content (AvgIpc) is 2.02. The first kappa shape index (κ1) is 15.5. The van der Waals surface area contributed by atoms with Crippen molar-refractivity contribution in [3.8, 4) is 0 Å². The van der Waals surface area contributed by atoms with Crippen molar-refractivity contribution in [3.63, 3.8) is 0 Å². The van der Waals surface area contributed by atoms with Gasteiger partial charge in [0, 0.05) is 5.75 Å². The summed E-state index contributed by atoms with van der Waals surface area (Å²) in [5.41, 5.74) is 5.38. The van der Waals surface area contributed by atoms with Crippen LogP contribution in [0.15, 0.2) is 0 Å². The van der Waals surface area contributed by atoms with Crippen LogP contribution in [0.3, 0.4) is 0 Å². The molecule has 0 aliphatic carbocycles. The third-order valence-corrected chi connectivity index (χ3v) is 1.83. The molecule has 3 nitrogen and oxygen atoms in total. The zero-order valence-electron chi connectivity index (χ0n) is 8.03. The molecule has 13 heavy (non-hydrogen) atoms. The minimum absolute atomic E-state index is 0. The molecule has 0 aromatic carbocycles. The largest absolute Gasteiger partial charge is 0.465 e. The molecule has 0 radical (unpaired) electrons. The molecule has 0 spiro atoms. The topological polar surface area (TPSA) is 52.3 Å². The predicted molar refractivity (Wildman–Crippen MR) is 59.5 cm³/mol. The maximum absolute atomic E-state index is 11.0. The molecule has 0 unspecified atom stereocenters. The zero-order chi connectivity index (χ0) is 9.56. The second kappa shape index (κ2) is 8.66. The maximum Gasteiger partial charge on any atom is 0.323 e. The summed E-state index contributed by atoms with van der Waals surface area (Å²) in [5, 5.41) is 0. The highest BCUT2D eigenvalue weighted by Crippen LogP contribution is 1.99. The Morgan fingerprint density at radius 3 is 2.46 bits per heavy atom. The van der Waals surface area contributed by atoms with Gasteiger partial charge in [0.2, 0.25) is 0 Å². The van der Waals surface area contributed by atoms with E-state index < -0.39 is 6.04 Å². The zero-order valence-corrected chi connectivity index (χ0v) is 9.74. The van der Waals surface area contributed by atoms with Crippen LogP contribution >= 0.6 is 25.0 Å². The molecular formula is C8H18ClNO2S. The molecule has 5 heteroatoms. The number of hydrogen-bond acceptors (Lipinski definition) is 4. The summed E-state index contributed by atoms with van der Waals surface area (Å²) in [6, 6.07) is -0.583. The van der Waals surface area contributed by atoms with Crippen LogP contribution < -0.4 is 5.73 Å². The number of carbonyl (C=O) groups excluding carboxylic acids is 1. The van der Waals surface area contributed by atoms with Crippen LogP contribution in [0.1, 0.15) is 20.3 Å². The highest BCUT2D eigenvalue weighted by Gasteiger charge is 2.12. The number of thiol groups is 1. The lowest BCUT2D eigenvalue weighted by atomic mass is 10.1. The summed E-state index contributed by atoms with van der Waals surface area (Å²) in [4.78, 5) is 11.0. The number of halogens is 1. The molecule has 0 amide bonds. The fourth-order valence-electron chi connectivity index (χ4n) is 0.577. The van der Waals surface area contributed by atoms with E-state index in [-0.39, 0.29) is 18.4 Å². The Morgan fingerprint density at radius 2 is 2.08 bits per heavy atom. The van der Waals surface area contributed by atoms with Gasteiger partial charge in [0.25, 0.3) is 0 Å². The van der Waals surface area contributed by atoms with E-state index in [0.717, 1.165) is 6.42 Å². The Hall–Kier alpha value is 0.0700. The van der Waals surface area contributed by atoms with Crippen LogP contribution in [0, 0.1) is 5.92 Å². The number of nitrogens with two attached hydrogens (primary N) is 1. The van der Waals surface area contributed by atoms with E-state index in [0.29, 0.717) is 18.3 Å². The molecule has 0 saturated carbocycles. The van der Waals surface area contributed by atoms with E-state index in [9.17, 15) is 4.79 Å². The number of esters is 1. The van der Waals surface area contributed by atoms with Gasteiger partial charge in [-0.25, -0.2) is 0 Å². The van der Waals surface area contributed by atoms with Crippen molar-refractivity contribution in [1.82, 2.24) is 0 Å². The summed E-state index contributed by atoms with van der Waals surface area (Å²) in [6.45, 7) is 4.61. The monoisotopic (exact) mass is 227 g/mol. The fourth-order valence-corrected chi connectivity index (χ4v) is 0.726. The van der Waals surface area contributed by atoms with Crippen LogP contribution in [0.4, 0.5) is 0 Å². The van der Waals surface area contributed by atoms with E-state index in [4.69, 9.17) is 10.5 Å². The van der Waals surface area contributed by atoms with E-state index in [1.165, 1.54) is 0 Å². The molecule has 0 aliphatic heterocycles. The summed E-state index contributed by atoms with van der Waals surface area (Å²) in [5.74, 6) is 0.524. The van der Waals surface area contributed by atoms with E-state index in [1.807, 2.05) is 0 Å². The van der Waals surface area contributed by atoms with Gasteiger partial charge < -0.3 is 10.5 Å². The summed E-state index contributed by atoms with van der Waals surface area (Å²) in [6.07, 6.45) is 0.880. The van der Waals surface area contributed by atoms with Crippen LogP contribution in [0.2, 0.25) is 0 Å². The predicted octanol–water partition coefficient (Wildman–Crippen LogP) is 1.25. The minimum Gasteiger partial charge on any atom is -0.465 e. The third kappa shape index (κ3) is 8.40. The van der Waals surface area contributed by atoms with Crippen LogP contribution in [0.5, 0.6) is 0 Å². The smallest absolute Gasteiger partial charge is 0.323 e. The molecule has 80 valence electrons. The van der Waals surface area contributed by atoms with Crippen molar-refractivity contribution >= 4 is 31.0 Å². The lowest BCUT2D eigenvalue weighted by Gasteiger charge is -2.09. The van der Waals surface area contributed by atoms with E-state index in [2.05, 4.69) is 26.5 Å². The van der Waals surface area contributed by atoms with Crippen LogP contribution in [0.25, 0.3) is 0 Å². The van der Waals surface area contributed by atoms with Crippen molar-refractivity contribution < 1.29 is 9.53 Å². The van der Waals surface area contributed by atoms with Crippen molar-refractivity contribution in [2.45, 2.75) is 26.3 Å². The van der Waals surface area contributed by atoms with Gasteiger partial charge in [0.05, 0.1) is 6.61 Å². The van der Waals surface area contributed by atoms with Crippen molar-refractivity contribution in [2.24, 2.45) is 11.7 Å². The molecule has 2 N–H and O–H groups in total. The Labute approximate surface area is 91.2 Å². The van der Waals surface area contributed by atoms with Crippen LogP contribution in [-0.2, 0) is 9.53 Å². The molecule has 0 saturated heterocycles. The third-order valence-electron chi connectivity index (χ3n) is 1.44. The van der Waals surface area contributed by atoms with Gasteiger partial charge in [-0.05, 0) is 12.3 Å². The Morgan fingerprint density at radius 1 is 1.54 bits per heavy atom. The molecular weight excluding hydrogens is 210 g/mol. The molecule has 0 aromatic rings. The first-order chi connectivity index (χ1) is 5.57. The maximum atomic E-state index is 11.0. The molecule has 0 aliphatic rings. The van der Waals surface area contributed by atoms with Crippen molar-refractivity contribution in [1.29, 1.82) is 0 Å². The molecule has 0 bridgehead atoms. The van der Waals surface area contributed by atoms with E-state index in [1.54, 1.807) is 0 Å². The first-order valence-corrected chi connectivity index (χ1v) is 4.74. The second-order valence-electron chi connectivity index (χ2n) is 3.14. The highest BCUT2D eigenvalue weighted by molar-refractivity contribution is 7.80. The number of rotatable bonds is 5. The summed E-state index contributed by atoms with van der Waals surface area (Å²) in [7, 11) is 0. The number of ether oxygens (including phenoxy) is 1. The molecule has 0 fully saturated rings. The Bertz CT molecular complexity index is 144. The van der Waals surface area contributed by atoms with Gasteiger partial charge in [-0.1, -0.05) is 13.8 Å². The SMILES string of the molecule is CC(C)CCOC(=O)[C@@H](N)CS.Cl. The summed E-state index contributed by atoms with van der Waals surface area (Å²) < 4.78 is 4.89. The van der Waals surface area contributed by atoms with E-state index >= 15 is 0 Å². The molecule has 0 aromatic heterocycles. The van der Waals surface area contributed by atoms with Crippen LogP contribution in [-0.4, -0.2) is 24.4 Å². The van der Waals surface area contributed by atoms with Crippen molar-refractivity contribution in [3.05, 3.63) is 0 Å². The van der Waals surface area contributed by atoms with Gasteiger partial charge in [-0.2, -0.15) is 12.6 Å². The van der Waals surface area contributed by atoms with Gasteiger partial charge in [0.1, 0.15) is 6.04 Å². The van der Waals surface area contributed by atoms with Gasteiger partial charge in [-0.3, -0.25) is 4.79 Å². The molecule has 1 atom stereocenters. The first-order valence-electron chi connectivity index (χ1n) is 4.11. The van der Waals surface area contributed by atoms with Gasteiger partial charge in [0.15, 0.2) is 0 Å². The quantitative estimate of drug-likeness (QED) is 0.549. The lowest BCUT2D eigenvalue weighted by molar-refractivity contribution is -0.144. The normalized spacial score (nSPS) is 12.1. The van der Waals surface area contributed by atoms with Gasteiger partial charge >= 0.3 is 5.97 Å². The van der Waals surface area contributed by atoms with Gasteiger partial charge in [-0.15, -0.1) is 12.4 Å². The Kier molecular flexibility index (Phi) is 10.3. The lowest BCUT2D eigenvalue weighted by Crippen LogP contribution is -2.34. The average molecular weight is 228 g/mol. The highest BCUT2D eigenvalue weighted by atomic mass is 35.5. The summed E-state index contributed by atoms with van der Waals surface area (Å²) >= 11 is 3.89. The van der Waals surface area contributed by atoms with Crippen molar-refractivity contribution in [2.75, 3.05) is 12.4 Å². The number of hydrogen-bond donors (Lipinski definition) is 2. The minimum atomic E-state index is -0.583. The molecule has 0 rings (SSSR count). The Balaban J connectivity index is 0. The number of carbonyl (C=O) groups is 1.